The highest BCUT2D eigenvalue weighted by Crippen LogP contribution is 2.32. The van der Waals surface area contributed by atoms with Crippen LogP contribution < -0.4 is 5.43 Å². The van der Waals surface area contributed by atoms with Crippen LogP contribution in [0.5, 0.6) is 5.75 Å². The number of hydrogen-bond donors (Lipinski definition) is 2. The van der Waals surface area contributed by atoms with Gasteiger partial charge in [-0.1, -0.05) is 76.8 Å². The normalized spacial score (nSPS) is 11.0. The lowest BCUT2D eigenvalue weighted by atomic mass is 10.2. The molecule has 3 aromatic rings. The summed E-state index contributed by atoms with van der Waals surface area (Å²) in [5.74, 6) is 0.789. The molecule has 0 aliphatic carbocycles. The highest BCUT2D eigenvalue weighted by atomic mass is 35.5. The number of carbonyl (C=O) groups excluding carboxylic acids is 1. The van der Waals surface area contributed by atoms with Crippen LogP contribution in [-0.4, -0.2) is 33.2 Å². The fourth-order valence-corrected chi connectivity index (χ4v) is 5.11. The number of hydrazone groups is 1. The fraction of sp³-hybridized carbons (Fsp3) is 0.111. The maximum absolute atomic E-state index is 11.9. The Kier molecular flexibility index (Phi) is 7.72. The Balaban J connectivity index is 1.42. The Morgan fingerprint density at radius 1 is 1.18 bits per heavy atom. The minimum absolute atomic E-state index is 0.144. The standard InChI is InChI=1S/C18H15ClN4O2S3/c19-15-7-2-1-5-13(15)10-26-17-22-23-18(28-17)27-11-16(25)21-20-9-12-4-3-6-14(24)8-12/h1-9,24H,10-11H2,(H,21,25)/b20-9-. The Bertz CT molecular complexity index is 981. The van der Waals surface area contributed by atoms with Gasteiger partial charge in [0, 0.05) is 10.8 Å². The van der Waals surface area contributed by atoms with Crippen LogP contribution in [0.2, 0.25) is 5.02 Å². The zero-order valence-corrected chi connectivity index (χ0v) is 17.6. The first-order valence-corrected chi connectivity index (χ1v) is 11.2. The fourth-order valence-electron chi connectivity index (χ4n) is 2.01. The number of rotatable bonds is 8. The number of nitrogens with zero attached hydrogens (tertiary/aromatic N) is 3. The first kappa shape index (κ1) is 20.7. The number of halogens is 1. The number of aromatic nitrogens is 2. The van der Waals surface area contributed by atoms with E-state index in [0.717, 1.165) is 14.9 Å². The molecule has 0 aliphatic heterocycles. The van der Waals surface area contributed by atoms with E-state index in [1.165, 1.54) is 29.3 Å². The predicted octanol–water partition coefficient (Wildman–Crippen LogP) is 4.43. The maximum atomic E-state index is 11.9. The first-order valence-electron chi connectivity index (χ1n) is 8.03. The second-order valence-electron chi connectivity index (χ2n) is 5.39. The summed E-state index contributed by atoms with van der Waals surface area (Å²) in [5.41, 5.74) is 4.18. The molecule has 0 saturated heterocycles. The molecule has 2 aromatic carbocycles. The van der Waals surface area contributed by atoms with Gasteiger partial charge < -0.3 is 5.11 Å². The quantitative estimate of drug-likeness (QED) is 0.300. The van der Waals surface area contributed by atoms with Crippen molar-refractivity contribution in [1.82, 2.24) is 15.6 Å². The number of benzene rings is 2. The largest absolute Gasteiger partial charge is 0.508 e. The maximum Gasteiger partial charge on any atom is 0.250 e. The molecule has 0 atom stereocenters. The molecule has 0 spiro atoms. The van der Waals surface area contributed by atoms with Gasteiger partial charge in [-0.2, -0.15) is 5.10 Å². The van der Waals surface area contributed by atoms with Gasteiger partial charge in [0.2, 0.25) is 0 Å². The summed E-state index contributed by atoms with van der Waals surface area (Å²) in [5, 5.41) is 22.2. The molecule has 0 radical (unpaired) electrons. The van der Waals surface area contributed by atoms with Gasteiger partial charge in [-0.15, -0.1) is 10.2 Å². The molecule has 1 heterocycles. The molecule has 0 unspecified atom stereocenters. The van der Waals surface area contributed by atoms with E-state index in [1.54, 1.807) is 36.0 Å². The van der Waals surface area contributed by atoms with E-state index >= 15 is 0 Å². The Morgan fingerprint density at radius 2 is 1.96 bits per heavy atom. The van der Waals surface area contributed by atoms with Crippen LogP contribution in [0.4, 0.5) is 0 Å². The summed E-state index contributed by atoms with van der Waals surface area (Å²) in [4.78, 5) is 11.9. The minimum atomic E-state index is -0.248. The molecule has 28 heavy (non-hydrogen) atoms. The van der Waals surface area contributed by atoms with Gasteiger partial charge in [-0.3, -0.25) is 4.79 Å². The summed E-state index contributed by atoms with van der Waals surface area (Å²) < 4.78 is 1.54. The van der Waals surface area contributed by atoms with Gasteiger partial charge in [0.1, 0.15) is 5.75 Å². The van der Waals surface area contributed by atoms with E-state index in [4.69, 9.17) is 11.6 Å². The lowest BCUT2D eigenvalue weighted by molar-refractivity contribution is -0.118. The van der Waals surface area contributed by atoms with Crippen LogP contribution in [0.1, 0.15) is 11.1 Å². The van der Waals surface area contributed by atoms with Crippen molar-refractivity contribution >= 4 is 58.6 Å². The molecular weight excluding hydrogens is 436 g/mol. The van der Waals surface area contributed by atoms with Crippen LogP contribution in [0.3, 0.4) is 0 Å². The summed E-state index contributed by atoms with van der Waals surface area (Å²) in [7, 11) is 0. The molecule has 144 valence electrons. The summed E-state index contributed by atoms with van der Waals surface area (Å²) in [6, 6.07) is 14.3. The van der Waals surface area contributed by atoms with Gasteiger partial charge in [-0.05, 0) is 29.3 Å². The molecule has 0 bridgehead atoms. The van der Waals surface area contributed by atoms with E-state index < -0.39 is 0 Å². The van der Waals surface area contributed by atoms with E-state index in [2.05, 4.69) is 20.7 Å². The van der Waals surface area contributed by atoms with Gasteiger partial charge in [-0.25, -0.2) is 5.43 Å². The number of nitrogens with one attached hydrogen (secondary N) is 1. The zero-order valence-electron chi connectivity index (χ0n) is 14.4. The van der Waals surface area contributed by atoms with Gasteiger partial charge in [0.05, 0.1) is 12.0 Å². The minimum Gasteiger partial charge on any atom is -0.508 e. The topological polar surface area (TPSA) is 87.5 Å². The van der Waals surface area contributed by atoms with E-state index in [0.29, 0.717) is 15.7 Å². The van der Waals surface area contributed by atoms with Crippen molar-refractivity contribution in [2.75, 3.05) is 5.75 Å². The number of amides is 1. The molecule has 1 aromatic heterocycles. The van der Waals surface area contributed by atoms with Gasteiger partial charge in [0.15, 0.2) is 8.68 Å². The Labute approximate surface area is 179 Å². The second-order valence-corrected chi connectivity index (χ2v) is 9.22. The number of thioether (sulfide) groups is 2. The highest BCUT2D eigenvalue weighted by Gasteiger charge is 2.09. The van der Waals surface area contributed by atoms with Crippen molar-refractivity contribution in [3.05, 3.63) is 64.7 Å². The van der Waals surface area contributed by atoms with Crippen molar-refractivity contribution in [2.24, 2.45) is 5.10 Å². The molecule has 0 fully saturated rings. The summed E-state index contributed by atoms with van der Waals surface area (Å²) >= 11 is 10.4. The number of carbonyl (C=O) groups is 1. The Morgan fingerprint density at radius 3 is 2.75 bits per heavy atom. The summed E-state index contributed by atoms with van der Waals surface area (Å²) in [6.45, 7) is 0. The molecule has 1 amide bonds. The number of phenolic OH excluding ortho intramolecular Hbond substituents is 1. The van der Waals surface area contributed by atoms with Gasteiger partial charge >= 0.3 is 0 Å². The van der Waals surface area contributed by atoms with Gasteiger partial charge in [0.25, 0.3) is 5.91 Å². The van der Waals surface area contributed by atoms with Crippen LogP contribution in [0.15, 0.2) is 62.3 Å². The molecule has 6 nitrogen and oxygen atoms in total. The van der Waals surface area contributed by atoms with Crippen molar-refractivity contribution in [2.45, 2.75) is 14.4 Å². The summed E-state index contributed by atoms with van der Waals surface area (Å²) in [6.07, 6.45) is 1.47. The van der Waals surface area contributed by atoms with E-state index in [1.807, 2.05) is 24.3 Å². The number of phenols is 1. The third kappa shape index (κ3) is 6.52. The molecule has 2 N–H and O–H groups in total. The van der Waals surface area contributed by atoms with Crippen LogP contribution >= 0.6 is 46.5 Å². The third-order valence-corrected chi connectivity index (χ3v) is 6.90. The SMILES string of the molecule is O=C(CSc1nnc(SCc2ccccc2Cl)s1)N/N=C\c1cccc(O)c1. The van der Waals surface area contributed by atoms with E-state index in [9.17, 15) is 9.90 Å². The van der Waals surface area contributed by atoms with E-state index in [-0.39, 0.29) is 17.4 Å². The smallest absolute Gasteiger partial charge is 0.250 e. The lowest BCUT2D eigenvalue weighted by Crippen LogP contribution is -2.19. The molecular formula is C18H15ClN4O2S3. The average molecular weight is 451 g/mol. The zero-order chi connectivity index (χ0) is 19.8. The number of hydrogen-bond acceptors (Lipinski definition) is 8. The van der Waals surface area contributed by atoms with Crippen molar-refractivity contribution in [3.63, 3.8) is 0 Å². The molecule has 0 saturated carbocycles. The lowest BCUT2D eigenvalue weighted by Gasteiger charge is -2.00. The monoisotopic (exact) mass is 450 g/mol. The van der Waals surface area contributed by atoms with Crippen LogP contribution in [-0.2, 0) is 10.5 Å². The molecule has 3 rings (SSSR count). The Hall–Kier alpha value is -2.07. The second kappa shape index (κ2) is 10.5. The predicted molar refractivity (Wildman–Crippen MR) is 115 cm³/mol. The van der Waals surface area contributed by atoms with Crippen LogP contribution in [0, 0.1) is 0 Å². The van der Waals surface area contributed by atoms with Crippen molar-refractivity contribution in [1.29, 1.82) is 0 Å². The third-order valence-electron chi connectivity index (χ3n) is 3.30. The van der Waals surface area contributed by atoms with Crippen molar-refractivity contribution in [3.8, 4) is 5.75 Å². The molecule has 0 aliphatic rings. The first-order chi connectivity index (χ1) is 13.6. The van der Waals surface area contributed by atoms with Crippen molar-refractivity contribution < 1.29 is 9.90 Å². The van der Waals surface area contributed by atoms with Crippen LogP contribution in [0.25, 0.3) is 0 Å². The molecule has 10 heteroatoms. The average Bonchev–Trinajstić information content (AvgIpc) is 3.14. The number of aromatic hydroxyl groups is 1. The highest BCUT2D eigenvalue weighted by molar-refractivity contribution is 8.03.